The molecule has 1 aromatic carbocycles. The van der Waals surface area contributed by atoms with Gasteiger partial charge >= 0.3 is 0 Å². The zero-order chi connectivity index (χ0) is 13.0. The van der Waals surface area contributed by atoms with Gasteiger partial charge in [-0.3, -0.25) is 0 Å². The Bertz CT molecular complexity index is 519. The number of unbranched alkanes of at least 4 members (excludes halogenated alkanes) is 3. The minimum Gasteiger partial charge on any atom is -0.331 e. The topological polar surface area (TPSA) is 43.8 Å². The lowest BCUT2D eigenvalue weighted by Crippen LogP contribution is -2.00. The van der Waals surface area contributed by atoms with Gasteiger partial charge in [-0.05, 0) is 31.5 Å². The molecule has 0 aliphatic carbocycles. The van der Waals surface area contributed by atoms with Crippen LogP contribution in [0.1, 0.15) is 31.5 Å². The summed E-state index contributed by atoms with van der Waals surface area (Å²) in [5.41, 5.74) is 7.20. The van der Waals surface area contributed by atoms with E-state index in [9.17, 15) is 4.39 Å². The Kier molecular flexibility index (Phi) is 4.31. The average molecular weight is 249 g/mol. The average Bonchev–Trinajstić information content (AvgIpc) is 2.65. The Morgan fingerprint density at radius 3 is 2.78 bits per heavy atom. The lowest BCUT2D eigenvalue weighted by Gasteiger charge is -2.02. The maximum Gasteiger partial charge on any atom is 0.125 e. The first kappa shape index (κ1) is 13.0. The van der Waals surface area contributed by atoms with Crippen LogP contribution in [-0.2, 0) is 13.5 Å². The van der Waals surface area contributed by atoms with Crippen molar-refractivity contribution in [1.82, 2.24) is 9.55 Å². The number of imidazole rings is 1. The number of fused-ring (bicyclic) bond motifs is 1. The molecule has 0 aliphatic heterocycles. The molecule has 0 spiro atoms. The molecule has 0 radical (unpaired) electrons. The lowest BCUT2D eigenvalue weighted by atomic mass is 10.1. The van der Waals surface area contributed by atoms with Crippen molar-refractivity contribution in [3.8, 4) is 0 Å². The number of nitrogens with two attached hydrogens (primary N) is 1. The Morgan fingerprint density at radius 1 is 1.22 bits per heavy atom. The molecule has 0 atom stereocenters. The van der Waals surface area contributed by atoms with Crippen LogP contribution in [0.3, 0.4) is 0 Å². The second-order valence-electron chi connectivity index (χ2n) is 4.67. The molecule has 2 N–H and O–H groups in total. The number of aromatic nitrogens is 2. The van der Waals surface area contributed by atoms with Crippen molar-refractivity contribution in [2.24, 2.45) is 12.8 Å². The molecule has 0 unspecified atom stereocenters. The summed E-state index contributed by atoms with van der Waals surface area (Å²) in [4.78, 5) is 4.49. The molecule has 98 valence electrons. The summed E-state index contributed by atoms with van der Waals surface area (Å²) in [6, 6.07) is 4.76. The van der Waals surface area contributed by atoms with Crippen LogP contribution in [-0.4, -0.2) is 16.1 Å². The van der Waals surface area contributed by atoms with Crippen LogP contribution in [0.15, 0.2) is 18.2 Å². The standard InChI is InChI=1S/C14H20FN3/c1-18-13-8-7-11(15)10-12(13)17-14(18)6-4-2-3-5-9-16/h7-8,10H,2-6,9,16H2,1H3. The molecule has 1 heterocycles. The number of rotatable bonds is 6. The molecule has 0 amide bonds. The van der Waals surface area contributed by atoms with Crippen LogP contribution in [0.2, 0.25) is 0 Å². The highest BCUT2D eigenvalue weighted by molar-refractivity contribution is 5.75. The molecule has 1 aromatic heterocycles. The summed E-state index contributed by atoms with van der Waals surface area (Å²) in [7, 11) is 1.99. The first-order valence-electron chi connectivity index (χ1n) is 6.53. The number of benzene rings is 1. The van der Waals surface area contributed by atoms with Crippen molar-refractivity contribution in [2.75, 3.05) is 6.54 Å². The minimum atomic E-state index is -0.227. The molecule has 2 rings (SSSR count). The van der Waals surface area contributed by atoms with Crippen molar-refractivity contribution in [1.29, 1.82) is 0 Å². The van der Waals surface area contributed by atoms with Gasteiger partial charge in [-0.2, -0.15) is 0 Å². The summed E-state index contributed by atoms with van der Waals surface area (Å²) >= 11 is 0. The predicted octanol–water partition coefficient (Wildman–Crippen LogP) is 2.77. The zero-order valence-electron chi connectivity index (χ0n) is 10.8. The van der Waals surface area contributed by atoms with Crippen molar-refractivity contribution in [2.45, 2.75) is 32.1 Å². The van der Waals surface area contributed by atoms with Crippen LogP contribution in [0.25, 0.3) is 11.0 Å². The van der Waals surface area contributed by atoms with Crippen molar-refractivity contribution < 1.29 is 4.39 Å². The Labute approximate surface area is 107 Å². The van der Waals surface area contributed by atoms with Gasteiger partial charge in [0.15, 0.2) is 0 Å². The summed E-state index contributed by atoms with van der Waals surface area (Å²) in [6.45, 7) is 0.769. The van der Waals surface area contributed by atoms with Crippen LogP contribution < -0.4 is 5.73 Å². The largest absolute Gasteiger partial charge is 0.331 e. The minimum absolute atomic E-state index is 0.227. The van der Waals surface area contributed by atoms with Crippen molar-refractivity contribution in [3.63, 3.8) is 0 Å². The van der Waals surface area contributed by atoms with Gasteiger partial charge in [0.05, 0.1) is 11.0 Å². The van der Waals surface area contributed by atoms with Gasteiger partial charge in [-0.1, -0.05) is 12.8 Å². The maximum absolute atomic E-state index is 13.1. The van der Waals surface area contributed by atoms with Crippen LogP contribution in [0.4, 0.5) is 4.39 Å². The quantitative estimate of drug-likeness (QED) is 0.800. The summed E-state index contributed by atoms with van der Waals surface area (Å²) < 4.78 is 15.2. The number of aryl methyl sites for hydroxylation is 2. The van der Waals surface area contributed by atoms with Gasteiger partial charge in [0, 0.05) is 19.5 Å². The van der Waals surface area contributed by atoms with E-state index in [4.69, 9.17) is 5.73 Å². The Hall–Kier alpha value is -1.42. The van der Waals surface area contributed by atoms with Crippen molar-refractivity contribution in [3.05, 3.63) is 29.8 Å². The summed E-state index contributed by atoms with van der Waals surface area (Å²) in [5, 5.41) is 0. The highest BCUT2D eigenvalue weighted by atomic mass is 19.1. The third-order valence-corrected chi connectivity index (χ3v) is 3.29. The third-order valence-electron chi connectivity index (χ3n) is 3.29. The second kappa shape index (κ2) is 5.96. The molecule has 0 bridgehead atoms. The van der Waals surface area contributed by atoms with Crippen LogP contribution in [0.5, 0.6) is 0 Å². The first-order valence-corrected chi connectivity index (χ1v) is 6.53. The van der Waals surface area contributed by atoms with E-state index < -0.39 is 0 Å². The molecule has 0 fully saturated rings. The van der Waals surface area contributed by atoms with Crippen LogP contribution >= 0.6 is 0 Å². The molecule has 18 heavy (non-hydrogen) atoms. The fraction of sp³-hybridized carbons (Fsp3) is 0.500. The number of nitrogens with zero attached hydrogens (tertiary/aromatic N) is 2. The van der Waals surface area contributed by atoms with Gasteiger partial charge in [0.1, 0.15) is 11.6 Å². The molecule has 0 saturated heterocycles. The van der Waals surface area contributed by atoms with Gasteiger partial charge < -0.3 is 10.3 Å². The fourth-order valence-electron chi connectivity index (χ4n) is 2.23. The second-order valence-corrected chi connectivity index (χ2v) is 4.67. The maximum atomic E-state index is 13.1. The monoisotopic (exact) mass is 249 g/mol. The molecule has 0 saturated carbocycles. The fourth-order valence-corrected chi connectivity index (χ4v) is 2.23. The van der Waals surface area contributed by atoms with E-state index in [0.29, 0.717) is 0 Å². The van der Waals surface area contributed by atoms with E-state index in [0.717, 1.165) is 42.7 Å². The first-order chi connectivity index (χ1) is 8.72. The van der Waals surface area contributed by atoms with Gasteiger partial charge in [-0.15, -0.1) is 0 Å². The molecular formula is C14H20FN3. The highest BCUT2D eigenvalue weighted by Gasteiger charge is 2.07. The normalized spacial score (nSPS) is 11.3. The lowest BCUT2D eigenvalue weighted by molar-refractivity contribution is 0.627. The molecule has 3 nitrogen and oxygen atoms in total. The number of hydrogen-bond acceptors (Lipinski definition) is 2. The zero-order valence-corrected chi connectivity index (χ0v) is 10.8. The van der Waals surface area contributed by atoms with E-state index >= 15 is 0 Å². The SMILES string of the molecule is Cn1c(CCCCCCN)nc2cc(F)ccc21. The third kappa shape index (κ3) is 2.88. The Morgan fingerprint density at radius 2 is 2.00 bits per heavy atom. The van der Waals surface area contributed by atoms with Gasteiger partial charge in [0.2, 0.25) is 0 Å². The van der Waals surface area contributed by atoms with E-state index in [-0.39, 0.29) is 5.82 Å². The summed E-state index contributed by atoms with van der Waals surface area (Å²) in [6.07, 6.45) is 5.49. The summed E-state index contributed by atoms with van der Waals surface area (Å²) in [5.74, 6) is 0.804. The molecule has 2 aromatic rings. The Balaban J connectivity index is 2.02. The van der Waals surface area contributed by atoms with E-state index in [1.165, 1.54) is 25.0 Å². The molecular weight excluding hydrogens is 229 g/mol. The van der Waals surface area contributed by atoms with Gasteiger partial charge in [-0.25, -0.2) is 9.37 Å². The number of halogens is 1. The van der Waals surface area contributed by atoms with Gasteiger partial charge in [0.25, 0.3) is 0 Å². The molecule has 4 heteroatoms. The van der Waals surface area contributed by atoms with E-state index in [1.807, 2.05) is 7.05 Å². The highest BCUT2D eigenvalue weighted by Crippen LogP contribution is 2.17. The molecule has 0 aliphatic rings. The number of hydrogen-bond donors (Lipinski definition) is 1. The smallest absolute Gasteiger partial charge is 0.125 e. The van der Waals surface area contributed by atoms with E-state index in [1.54, 1.807) is 6.07 Å². The van der Waals surface area contributed by atoms with E-state index in [2.05, 4.69) is 9.55 Å². The predicted molar refractivity (Wildman–Crippen MR) is 71.9 cm³/mol. The van der Waals surface area contributed by atoms with Crippen molar-refractivity contribution >= 4 is 11.0 Å². The van der Waals surface area contributed by atoms with Crippen LogP contribution in [0, 0.1) is 5.82 Å².